The Bertz CT molecular complexity index is 562. The van der Waals surface area contributed by atoms with E-state index in [1.165, 1.54) is 0 Å². The fourth-order valence-electron chi connectivity index (χ4n) is 2.00. The molecule has 2 N–H and O–H groups in total. The fraction of sp³-hybridized carbons (Fsp3) is 0.267. The number of anilines is 2. The second kappa shape index (κ2) is 7.26. The van der Waals surface area contributed by atoms with Crippen LogP contribution in [0.15, 0.2) is 47.2 Å². The Morgan fingerprint density at radius 3 is 2.90 bits per heavy atom. The Hall–Kier alpha value is -1.59. The third-order valence-electron chi connectivity index (χ3n) is 2.99. The SMILES string of the molecule is COc1cccc(N(CCCN)c2ccncc2Br)c1. The van der Waals surface area contributed by atoms with Crippen molar-refractivity contribution in [3.8, 4) is 5.75 Å². The van der Waals surface area contributed by atoms with Gasteiger partial charge in [0.15, 0.2) is 0 Å². The molecule has 0 aliphatic rings. The number of nitrogens with two attached hydrogens (primary N) is 1. The van der Waals surface area contributed by atoms with Crippen molar-refractivity contribution in [3.63, 3.8) is 0 Å². The van der Waals surface area contributed by atoms with Gasteiger partial charge in [-0.3, -0.25) is 4.98 Å². The monoisotopic (exact) mass is 335 g/mol. The predicted octanol–water partition coefficient (Wildman–Crippen LogP) is 3.34. The van der Waals surface area contributed by atoms with Gasteiger partial charge in [-0.1, -0.05) is 6.07 Å². The molecule has 0 saturated carbocycles. The molecule has 106 valence electrons. The number of pyridine rings is 1. The third-order valence-corrected chi connectivity index (χ3v) is 3.60. The van der Waals surface area contributed by atoms with E-state index in [1.807, 2.05) is 24.3 Å². The number of benzene rings is 1. The fourth-order valence-corrected chi connectivity index (χ4v) is 2.47. The molecule has 0 spiro atoms. The number of nitrogens with zero attached hydrogens (tertiary/aromatic N) is 2. The maximum Gasteiger partial charge on any atom is 0.120 e. The van der Waals surface area contributed by atoms with E-state index in [2.05, 4.69) is 31.9 Å². The molecular formula is C15H18BrN3O. The van der Waals surface area contributed by atoms with Gasteiger partial charge in [-0.15, -0.1) is 0 Å². The summed E-state index contributed by atoms with van der Waals surface area (Å²) in [5, 5.41) is 0. The van der Waals surface area contributed by atoms with Crippen molar-refractivity contribution in [3.05, 3.63) is 47.2 Å². The molecule has 20 heavy (non-hydrogen) atoms. The summed E-state index contributed by atoms with van der Waals surface area (Å²) < 4.78 is 6.26. The largest absolute Gasteiger partial charge is 0.497 e. The zero-order valence-corrected chi connectivity index (χ0v) is 13.0. The first kappa shape index (κ1) is 14.8. The van der Waals surface area contributed by atoms with Crippen molar-refractivity contribution in [2.45, 2.75) is 6.42 Å². The number of methoxy groups -OCH3 is 1. The summed E-state index contributed by atoms with van der Waals surface area (Å²) in [6, 6.07) is 9.99. The van der Waals surface area contributed by atoms with Crippen molar-refractivity contribution in [1.82, 2.24) is 4.98 Å². The highest BCUT2D eigenvalue weighted by molar-refractivity contribution is 9.10. The molecule has 0 atom stereocenters. The van der Waals surface area contributed by atoms with Gasteiger partial charge in [0.05, 0.1) is 17.3 Å². The summed E-state index contributed by atoms with van der Waals surface area (Å²) in [4.78, 5) is 6.32. The van der Waals surface area contributed by atoms with Crippen molar-refractivity contribution in [1.29, 1.82) is 0 Å². The average molecular weight is 336 g/mol. The highest BCUT2D eigenvalue weighted by atomic mass is 79.9. The molecule has 0 radical (unpaired) electrons. The number of ether oxygens (including phenoxy) is 1. The maximum absolute atomic E-state index is 5.65. The minimum absolute atomic E-state index is 0.656. The Balaban J connectivity index is 2.38. The van der Waals surface area contributed by atoms with Gasteiger partial charge in [0, 0.05) is 30.7 Å². The van der Waals surface area contributed by atoms with E-state index >= 15 is 0 Å². The van der Waals surface area contributed by atoms with Crippen LogP contribution in [0, 0.1) is 0 Å². The minimum Gasteiger partial charge on any atom is -0.497 e. The standard InChI is InChI=1S/C15H18BrN3O/c1-20-13-5-2-4-12(10-13)19(9-3-7-17)15-6-8-18-11-14(15)16/h2,4-6,8,10-11H,3,7,9,17H2,1H3. The first-order chi connectivity index (χ1) is 9.76. The summed E-state index contributed by atoms with van der Waals surface area (Å²) in [6.45, 7) is 1.50. The van der Waals surface area contributed by atoms with Gasteiger partial charge in [0.25, 0.3) is 0 Å². The number of rotatable bonds is 6. The van der Waals surface area contributed by atoms with E-state index in [4.69, 9.17) is 10.5 Å². The molecule has 0 amide bonds. The van der Waals surface area contributed by atoms with Gasteiger partial charge in [-0.05, 0) is 47.1 Å². The van der Waals surface area contributed by atoms with Crippen LogP contribution in [0.2, 0.25) is 0 Å². The van der Waals surface area contributed by atoms with Crippen LogP contribution in [0.5, 0.6) is 5.75 Å². The van der Waals surface area contributed by atoms with Crippen LogP contribution in [0.4, 0.5) is 11.4 Å². The zero-order chi connectivity index (χ0) is 14.4. The van der Waals surface area contributed by atoms with E-state index in [1.54, 1.807) is 19.5 Å². The third kappa shape index (κ3) is 3.49. The van der Waals surface area contributed by atoms with Crippen LogP contribution in [0.3, 0.4) is 0 Å². The Morgan fingerprint density at radius 1 is 1.35 bits per heavy atom. The van der Waals surface area contributed by atoms with Crippen LogP contribution in [0.1, 0.15) is 6.42 Å². The number of hydrogen-bond donors (Lipinski definition) is 1. The van der Waals surface area contributed by atoms with Gasteiger partial charge in [-0.2, -0.15) is 0 Å². The summed E-state index contributed by atoms with van der Waals surface area (Å²) in [7, 11) is 1.67. The van der Waals surface area contributed by atoms with E-state index in [-0.39, 0.29) is 0 Å². The number of halogens is 1. The van der Waals surface area contributed by atoms with Gasteiger partial charge in [-0.25, -0.2) is 0 Å². The topological polar surface area (TPSA) is 51.4 Å². The first-order valence-corrected chi connectivity index (χ1v) is 7.26. The highest BCUT2D eigenvalue weighted by Gasteiger charge is 2.12. The maximum atomic E-state index is 5.65. The molecule has 4 nitrogen and oxygen atoms in total. The zero-order valence-electron chi connectivity index (χ0n) is 11.4. The van der Waals surface area contributed by atoms with E-state index in [0.717, 1.165) is 34.6 Å². The van der Waals surface area contributed by atoms with Gasteiger partial charge < -0.3 is 15.4 Å². The van der Waals surface area contributed by atoms with Crippen LogP contribution >= 0.6 is 15.9 Å². The molecule has 0 bridgehead atoms. The van der Waals surface area contributed by atoms with Crippen molar-refractivity contribution >= 4 is 27.3 Å². The molecule has 2 aromatic rings. The lowest BCUT2D eigenvalue weighted by molar-refractivity contribution is 0.415. The number of aromatic nitrogens is 1. The minimum atomic E-state index is 0.656. The van der Waals surface area contributed by atoms with Crippen LogP contribution < -0.4 is 15.4 Å². The van der Waals surface area contributed by atoms with Gasteiger partial charge >= 0.3 is 0 Å². The van der Waals surface area contributed by atoms with Gasteiger partial charge in [0.1, 0.15) is 5.75 Å². The summed E-state index contributed by atoms with van der Waals surface area (Å²) >= 11 is 3.56. The molecule has 2 rings (SSSR count). The second-order valence-electron chi connectivity index (χ2n) is 4.32. The molecule has 1 aromatic carbocycles. The molecule has 5 heteroatoms. The molecule has 0 saturated heterocycles. The van der Waals surface area contributed by atoms with E-state index in [0.29, 0.717) is 6.54 Å². The normalized spacial score (nSPS) is 10.3. The summed E-state index contributed by atoms with van der Waals surface area (Å²) in [5.74, 6) is 0.838. The first-order valence-electron chi connectivity index (χ1n) is 6.47. The lowest BCUT2D eigenvalue weighted by Crippen LogP contribution is -2.21. The molecule has 0 aliphatic heterocycles. The Labute approximate surface area is 127 Å². The predicted molar refractivity (Wildman–Crippen MR) is 85.6 cm³/mol. The Kier molecular flexibility index (Phi) is 5.38. The lowest BCUT2D eigenvalue weighted by Gasteiger charge is -2.26. The summed E-state index contributed by atoms with van der Waals surface area (Å²) in [5.41, 5.74) is 7.80. The summed E-state index contributed by atoms with van der Waals surface area (Å²) in [6.07, 6.45) is 4.49. The molecular weight excluding hydrogens is 318 g/mol. The van der Waals surface area contributed by atoms with Gasteiger partial charge in [0.2, 0.25) is 0 Å². The van der Waals surface area contributed by atoms with E-state index in [9.17, 15) is 0 Å². The Morgan fingerprint density at radius 2 is 2.20 bits per heavy atom. The molecule has 0 fully saturated rings. The van der Waals surface area contributed by atoms with E-state index < -0.39 is 0 Å². The lowest BCUT2D eigenvalue weighted by atomic mass is 10.2. The van der Waals surface area contributed by atoms with Crippen molar-refractivity contribution in [2.24, 2.45) is 5.73 Å². The quantitative estimate of drug-likeness (QED) is 0.879. The smallest absolute Gasteiger partial charge is 0.120 e. The molecule has 1 aromatic heterocycles. The highest BCUT2D eigenvalue weighted by Crippen LogP contribution is 2.33. The van der Waals surface area contributed by atoms with Crippen molar-refractivity contribution < 1.29 is 4.74 Å². The van der Waals surface area contributed by atoms with Crippen molar-refractivity contribution in [2.75, 3.05) is 25.1 Å². The van der Waals surface area contributed by atoms with Crippen LogP contribution in [-0.2, 0) is 0 Å². The molecule has 1 heterocycles. The van der Waals surface area contributed by atoms with Crippen LogP contribution in [-0.4, -0.2) is 25.2 Å². The van der Waals surface area contributed by atoms with Crippen LogP contribution in [0.25, 0.3) is 0 Å². The number of hydrogen-bond acceptors (Lipinski definition) is 4. The molecule has 0 unspecified atom stereocenters. The second-order valence-corrected chi connectivity index (χ2v) is 5.18. The molecule has 0 aliphatic carbocycles. The average Bonchev–Trinajstić information content (AvgIpc) is 2.49.